The van der Waals surface area contributed by atoms with Crippen molar-refractivity contribution in [3.05, 3.63) is 52.6 Å². The van der Waals surface area contributed by atoms with Gasteiger partial charge < -0.3 is 20.0 Å². The lowest BCUT2D eigenvalue weighted by molar-refractivity contribution is -0.136. The van der Waals surface area contributed by atoms with Gasteiger partial charge in [0.05, 0.1) is 5.02 Å². The standard InChI is InChI=1S/C23H27Cl2N5O2/c24-18-2-5-20(6-3-18)27-23(32)30-11-1-10-29(14-15-30)22(31)17-8-12-28(13-9-17)21-7-4-19(25)16-26-21/h2-7,16-17H,1,8-15H2,(H,27,32). The van der Waals surface area contributed by atoms with Gasteiger partial charge in [-0.1, -0.05) is 23.2 Å². The first-order valence-electron chi connectivity index (χ1n) is 11.0. The molecule has 1 N–H and O–H groups in total. The monoisotopic (exact) mass is 475 g/mol. The summed E-state index contributed by atoms with van der Waals surface area (Å²) < 4.78 is 0. The van der Waals surface area contributed by atoms with Crippen molar-refractivity contribution in [2.45, 2.75) is 19.3 Å². The van der Waals surface area contributed by atoms with Gasteiger partial charge in [0.25, 0.3) is 0 Å². The number of carbonyl (C=O) groups is 2. The van der Waals surface area contributed by atoms with Crippen molar-refractivity contribution in [2.75, 3.05) is 49.5 Å². The molecule has 1 aromatic carbocycles. The molecule has 4 rings (SSSR count). The first-order valence-corrected chi connectivity index (χ1v) is 11.7. The van der Waals surface area contributed by atoms with E-state index in [0.29, 0.717) is 41.9 Å². The predicted molar refractivity (Wildman–Crippen MR) is 127 cm³/mol. The maximum absolute atomic E-state index is 13.1. The van der Waals surface area contributed by atoms with Gasteiger partial charge in [-0.3, -0.25) is 4.79 Å². The van der Waals surface area contributed by atoms with Crippen LogP contribution < -0.4 is 10.2 Å². The number of halogens is 2. The largest absolute Gasteiger partial charge is 0.357 e. The number of benzene rings is 1. The average molecular weight is 476 g/mol. The smallest absolute Gasteiger partial charge is 0.321 e. The third-order valence-electron chi connectivity index (χ3n) is 6.07. The molecule has 1 aromatic heterocycles. The summed E-state index contributed by atoms with van der Waals surface area (Å²) in [4.78, 5) is 36.1. The van der Waals surface area contributed by atoms with E-state index in [0.717, 1.165) is 38.2 Å². The van der Waals surface area contributed by atoms with E-state index in [2.05, 4.69) is 15.2 Å². The minimum atomic E-state index is -0.148. The van der Waals surface area contributed by atoms with Gasteiger partial charge in [0.2, 0.25) is 5.91 Å². The zero-order valence-corrected chi connectivity index (χ0v) is 19.4. The second kappa shape index (κ2) is 10.4. The number of piperidine rings is 1. The molecule has 2 saturated heterocycles. The highest BCUT2D eigenvalue weighted by Gasteiger charge is 2.30. The Morgan fingerprint density at radius 1 is 0.844 bits per heavy atom. The van der Waals surface area contributed by atoms with Crippen molar-refractivity contribution in [2.24, 2.45) is 5.92 Å². The molecule has 9 heteroatoms. The number of nitrogens with one attached hydrogen (secondary N) is 1. The SMILES string of the molecule is O=C(Nc1ccc(Cl)cc1)N1CCCN(C(=O)C2CCN(c3ccc(Cl)cn3)CC2)CC1. The number of hydrogen-bond acceptors (Lipinski definition) is 4. The number of carbonyl (C=O) groups excluding carboxylic acids is 2. The second-order valence-corrected chi connectivity index (χ2v) is 9.07. The Balaban J connectivity index is 1.26. The van der Waals surface area contributed by atoms with Gasteiger partial charge in [0.1, 0.15) is 5.82 Å². The van der Waals surface area contributed by atoms with Crippen LogP contribution in [0.3, 0.4) is 0 Å². The van der Waals surface area contributed by atoms with E-state index in [9.17, 15) is 9.59 Å². The van der Waals surface area contributed by atoms with Gasteiger partial charge in [0, 0.05) is 62.1 Å². The zero-order chi connectivity index (χ0) is 22.5. The number of hydrogen-bond donors (Lipinski definition) is 1. The molecule has 32 heavy (non-hydrogen) atoms. The van der Waals surface area contributed by atoms with Crippen LogP contribution in [0.1, 0.15) is 19.3 Å². The topological polar surface area (TPSA) is 68.8 Å². The fourth-order valence-electron chi connectivity index (χ4n) is 4.25. The Labute approximate surface area is 198 Å². The summed E-state index contributed by atoms with van der Waals surface area (Å²) >= 11 is 11.8. The molecule has 0 unspecified atom stereocenters. The molecule has 0 aliphatic carbocycles. The van der Waals surface area contributed by atoms with Gasteiger partial charge in [-0.2, -0.15) is 0 Å². The van der Waals surface area contributed by atoms with Crippen LogP contribution in [0.5, 0.6) is 0 Å². The third-order valence-corrected chi connectivity index (χ3v) is 6.55. The molecule has 0 saturated carbocycles. The van der Waals surface area contributed by atoms with Crippen LogP contribution in [0.25, 0.3) is 0 Å². The van der Waals surface area contributed by atoms with Crippen LogP contribution in [0, 0.1) is 5.92 Å². The van der Waals surface area contributed by atoms with Gasteiger partial charge in [0.15, 0.2) is 0 Å². The van der Waals surface area contributed by atoms with Crippen LogP contribution >= 0.6 is 23.2 Å². The average Bonchev–Trinajstić information content (AvgIpc) is 3.07. The van der Waals surface area contributed by atoms with Crippen molar-refractivity contribution < 1.29 is 9.59 Å². The number of aromatic nitrogens is 1. The number of rotatable bonds is 3. The van der Waals surface area contributed by atoms with Crippen LogP contribution in [0.2, 0.25) is 10.0 Å². The first kappa shape index (κ1) is 22.7. The number of anilines is 2. The minimum absolute atomic E-state index is 0.0213. The summed E-state index contributed by atoms with van der Waals surface area (Å²) in [6.45, 7) is 4.00. The molecule has 3 amide bonds. The Bertz CT molecular complexity index is 930. The van der Waals surface area contributed by atoms with Crippen LogP contribution in [0.15, 0.2) is 42.6 Å². The second-order valence-electron chi connectivity index (χ2n) is 8.20. The molecular formula is C23H27Cl2N5O2. The third kappa shape index (κ3) is 5.64. The molecule has 2 aliphatic heterocycles. The van der Waals surface area contributed by atoms with Crippen molar-refractivity contribution in [1.82, 2.24) is 14.8 Å². The van der Waals surface area contributed by atoms with Gasteiger partial charge in [-0.05, 0) is 55.7 Å². The van der Waals surface area contributed by atoms with Crippen molar-refractivity contribution in [3.8, 4) is 0 Å². The Morgan fingerprint density at radius 2 is 1.50 bits per heavy atom. The van der Waals surface area contributed by atoms with E-state index in [1.165, 1.54) is 0 Å². The number of nitrogens with zero attached hydrogens (tertiary/aromatic N) is 4. The molecular weight excluding hydrogens is 449 g/mol. The van der Waals surface area contributed by atoms with E-state index >= 15 is 0 Å². The zero-order valence-electron chi connectivity index (χ0n) is 17.8. The first-order chi connectivity index (χ1) is 15.5. The molecule has 2 aromatic rings. The molecule has 0 bridgehead atoms. The summed E-state index contributed by atoms with van der Waals surface area (Å²) in [6, 6.07) is 10.7. The molecule has 2 aliphatic rings. The number of pyridine rings is 1. The molecule has 7 nitrogen and oxygen atoms in total. The van der Waals surface area contributed by atoms with Crippen molar-refractivity contribution in [1.29, 1.82) is 0 Å². The Morgan fingerprint density at radius 3 is 2.19 bits per heavy atom. The van der Waals surface area contributed by atoms with E-state index in [4.69, 9.17) is 23.2 Å². The van der Waals surface area contributed by atoms with Gasteiger partial charge >= 0.3 is 6.03 Å². The quantitative estimate of drug-likeness (QED) is 0.715. The summed E-state index contributed by atoms with van der Waals surface area (Å²) in [5.41, 5.74) is 0.707. The summed E-state index contributed by atoms with van der Waals surface area (Å²) in [7, 11) is 0. The van der Waals surface area contributed by atoms with Crippen LogP contribution in [-0.4, -0.2) is 66.0 Å². The highest BCUT2D eigenvalue weighted by atomic mass is 35.5. The van der Waals surface area contributed by atoms with Gasteiger partial charge in [-0.15, -0.1) is 0 Å². The Hall–Kier alpha value is -2.51. The highest BCUT2D eigenvalue weighted by molar-refractivity contribution is 6.30. The fraction of sp³-hybridized carbons (Fsp3) is 0.435. The van der Waals surface area contributed by atoms with Crippen LogP contribution in [0.4, 0.5) is 16.3 Å². The maximum atomic E-state index is 13.1. The van der Waals surface area contributed by atoms with E-state index in [1.807, 2.05) is 17.0 Å². The minimum Gasteiger partial charge on any atom is -0.357 e. The lowest BCUT2D eigenvalue weighted by Crippen LogP contribution is -2.44. The summed E-state index contributed by atoms with van der Waals surface area (Å²) in [5.74, 6) is 1.12. The van der Waals surface area contributed by atoms with Crippen molar-refractivity contribution in [3.63, 3.8) is 0 Å². The van der Waals surface area contributed by atoms with E-state index in [-0.39, 0.29) is 17.9 Å². The van der Waals surface area contributed by atoms with Crippen LogP contribution in [-0.2, 0) is 4.79 Å². The van der Waals surface area contributed by atoms with Crippen molar-refractivity contribution >= 4 is 46.6 Å². The lowest BCUT2D eigenvalue weighted by Gasteiger charge is -2.34. The van der Waals surface area contributed by atoms with E-state index < -0.39 is 0 Å². The maximum Gasteiger partial charge on any atom is 0.321 e. The fourth-order valence-corrected chi connectivity index (χ4v) is 4.48. The Kier molecular flexibility index (Phi) is 7.37. The molecule has 170 valence electrons. The summed E-state index contributed by atoms with van der Waals surface area (Å²) in [6.07, 6.45) is 4.04. The van der Waals surface area contributed by atoms with Gasteiger partial charge in [-0.25, -0.2) is 9.78 Å². The molecule has 0 atom stereocenters. The van der Waals surface area contributed by atoms with E-state index in [1.54, 1.807) is 35.4 Å². The molecule has 0 spiro atoms. The molecule has 3 heterocycles. The normalized spacial score (nSPS) is 17.8. The number of amides is 3. The summed E-state index contributed by atoms with van der Waals surface area (Å²) in [5, 5.41) is 4.15. The lowest BCUT2D eigenvalue weighted by atomic mass is 9.95. The highest BCUT2D eigenvalue weighted by Crippen LogP contribution is 2.25. The number of urea groups is 1. The molecule has 2 fully saturated rings. The predicted octanol–water partition coefficient (Wildman–Crippen LogP) is 4.37. The molecule has 0 radical (unpaired) electrons.